The Balaban J connectivity index is 1.37. The van der Waals surface area contributed by atoms with Crippen LogP contribution in [0.4, 0.5) is 0 Å². The Morgan fingerprint density at radius 3 is 0.944 bits per heavy atom. The van der Waals surface area contributed by atoms with Gasteiger partial charge in [-0.3, -0.25) is 9.59 Å². The molecule has 8 rings (SSSR count). The predicted octanol–water partition coefficient (Wildman–Crippen LogP) is 6.45. The number of amides is 2. The second-order valence-electron chi connectivity index (χ2n) is 16.0. The molecular weight excluding hydrogens is 452 g/mol. The van der Waals surface area contributed by atoms with Crippen LogP contribution < -0.4 is 0 Å². The van der Waals surface area contributed by atoms with Crippen LogP contribution in [0.3, 0.4) is 0 Å². The van der Waals surface area contributed by atoms with Gasteiger partial charge in [-0.2, -0.15) is 0 Å². The summed E-state index contributed by atoms with van der Waals surface area (Å²) in [5.74, 6) is 3.71. The number of carbonyl (C=O) groups excluding carboxylic acids is 2. The average molecular weight is 501 g/mol. The number of hydrogen-bond donors (Lipinski definition) is 0. The van der Waals surface area contributed by atoms with Gasteiger partial charge in [0.2, 0.25) is 0 Å². The van der Waals surface area contributed by atoms with Crippen molar-refractivity contribution in [2.24, 2.45) is 46.3 Å². The molecule has 6 heteroatoms. The SMILES string of the molecule is CC(C)(C)ON(C(=O)C12CC3CC(CC(C3)C1)C2)N(OC(C)(C)C)C(=O)C12CC3CC(CC(C3)C1)C2. The summed E-state index contributed by atoms with van der Waals surface area (Å²) in [7, 11) is 0. The van der Waals surface area contributed by atoms with Crippen LogP contribution >= 0.6 is 0 Å². The van der Waals surface area contributed by atoms with E-state index >= 15 is 0 Å². The summed E-state index contributed by atoms with van der Waals surface area (Å²) in [5, 5.41) is 2.67. The third kappa shape index (κ3) is 4.42. The quantitative estimate of drug-likeness (QED) is 0.416. The molecular formula is C30H48N2O4. The molecule has 0 saturated heterocycles. The van der Waals surface area contributed by atoms with E-state index in [2.05, 4.69) is 0 Å². The lowest BCUT2D eigenvalue weighted by Crippen LogP contribution is -2.64. The Kier molecular flexibility index (Phi) is 5.71. The predicted molar refractivity (Wildman–Crippen MR) is 137 cm³/mol. The molecule has 8 fully saturated rings. The molecule has 2 amide bonds. The van der Waals surface area contributed by atoms with Crippen LogP contribution in [-0.2, 0) is 19.3 Å². The molecule has 8 aliphatic carbocycles. The van der Waals surface area contributed by atoms with Crippen molar-refractivity contribution >= 4 is 11.8 Å². The zero-order valence-electron chi connectivity index (χ0n) is 23.5. The van der Waals surface area contributed by atoms with Crippen LogP contribution in [0.25, 0.3) is 0 Å². The molecule has 0 atom stereocenters. The van der Waals surface area contributed by atoms with Crippen molar-refractivity contribution in [2.45, 2.75) is 130 Å². The number of rotatable bonds is 4. The lowest BCUT2D eigenvalue weighted by molar-refractivity contribution is -0.414. The molecule has 0 aromatic rings. The fraction of sp³-hybridized carbons (Fsp3) is 0.933. The molecule has 202 valence electrons. The van der Waals surface area contributed by atoms with E-state index in [-0.39, 0.29) is 11.8 Å². The number of hydroxylamine groups is 2. The monoisotopic (exact) mass is 500 g/mol. The van der Waals surface area contributed by atoms with Crippen molar-refractivity contribution in [1.82, 2.24) is 10.3 Å². The van der Waals surface area contributed by atoms with Crippen LogP contribution in [0.1, 0.15) is 119 Å². The molecule has 36 heavy (non-hydrogen) atoms. The van der Waals surface area contributed by atoms with Crippen molar-refractivity contribution in [3.63, 3.8) is 0 Å². The summed E-state index contributed by atoms with van der Waals surface area (Å²) in [6, 6.07) is 0. The van der Waals surface area contributed by atoms with E-state index in [9.17, 15) is 9.59 Å². The fourth-order valence-electron chi connectivity index (χ4n) is 9.99. The molecule has 8 aliphatic rings. The van der Waals surface area contributed by atoms with Gasteiger partial charge in [-0.15, -0.1) is 0 Å². The first-order chi connectivity index (χ1) is 16.7. The number of hydrazine groups is 1. The first-order valence-corrected chi connectivity index (χ1v) is 14.8. The molecule has 8 bridgehead atoms. The molecule has 0 N–H and O–H groups in total. The number of nitrogens with zero attached hydrogens (tertiary/aromatic N) is 2. The Bertz CT molecular complexity index is 768. The summed E-state index contributed by atoms with van der Waals surface area (Å²) in [4.78, 5) is 42.2. The van der Waals surface area contributed by atoms with Gasteiger partial charge in [-0.25, -0.2) is 9.68 Å². The molecule has 8 saturated carbocycles. The molecule has 0 radical (unpaired) electrons. The highest BCUT2D eigenvalue weighted by atomic mass is 16.9. The van der Waals surface area contributed by atoms with Gasteiger partial charge in [0.25, 0.3) is 11.8 Å². The second kappa shape index (κ2) is 8.18. The van der Waals surface area contributed by atoms with Gasteiger partial charge in [0, 0.05) is 0 Å². The average Bonchev–Trinajstić information content (AvgIpc) is 2.72. The number of carbonyl (C=O) groups is 2. The van der Waals surface area contributed by atoms with Crippen molar-refractivity contribution < 1.29 is 19.3 Å². The third-order valence-corrected chi connectivity index (χ3v) is 10.2. The molecule has 0 aromatic carbocycles. The molecule has 0 spiro atoms. The maximum absolute atomic E-state index is 14.7. The molecule has 6 nitrogen and oxygen atoms in total. The van der Waals surface area contributed by atoms with Crippen molar-refractivity contribution in [2.75, 3.05) is 0 Å². The molecule has 0 heterocycles. The highest BCUT2D eigenvalue weighted by molar-refractivity contribution is 5.87. The number of hydrogen-bond acceptors (Lipinski definition) is 4. The summed E-state index contributed by atoms with van der Waals surface area (Å²) >= 11 is 0. The lowest BCUT2D eigenvalue weighted by atomic mass is 9.49. The van der Waals surface area contributed by atoms with E-state index in [1.54, 1.807) is 0 Å². The van der Waals surface area contributed by atoms with Crippen molar-refractivity contribution in [1.29, 1.82) is 0 Å². The van der Waals surface area contributed by atoms with E-state index in [4.69, 9.17) is 9.68 Å². The standard InChI is InChI=1S/C30H48N2O4/c1-27(2,3)35-31(25(33)29-13-19-7-20(14-29)9-21(8-19)15-29)32(36-28(4,5)6)26(34)30-16-22-10-23(17-30)12-24(11-22)18-30/h19-24H,7-18H2,1-6H3. The largest absolute Gasteiger partial charge is 0.275 e. The maximum atomic E-state index is 14.7. The van der Waals surface area contributed by atoms with Crippen LogP contribution in [-0.4, -0.2) is 33.4 Å². The molecule has 0 aromatic heterocycles. The van der Waals surface area contributed by atoms with E-state index in [0.29, 0.717) is 35.5 Å². The minimum absolute atomic E-state index is 0.0427. The highest BCUT2D eigenvalue weighted by Crippen LogP contribution is 2.62. The summed E-state index contributed by atoms with van der Waals surface area (Å²) in [5.41, 5.74) is -2.14. The molecule has 0 aliphatic heterocycles. The maximum Gasteiger partial charge on any atom is 0.275 e. The van der Waals surface area contributed by atoms with Crippen LogP contribution in [0, 0.1) is 46.3 Å². The Labute approximate surface area is 217 Å². The van der Waals surface area contributed by atoms with Crippen LogP contribution in [0.15, 0.2) is 0 Å². The van der Waals surface area contributed by atoms with E-state index in [1.165, 1.54) is 48.9 Å². The zero-order valence-corrected chi connectivity index (χ0v) is 23.5. The van der Waals surface area contributed by atoms with Crippen LogP contribution in [0.2, 0.25) is 0 Å². The first kappa shape index (κ1) is 25.2. The lowest BCUT2D eigenvalue weighted by Gasteiger charge is -2.58. The summed E-state index contributed by atoms with van der Waals surface area (Å²) in [6.45, 7) is 11.7. The minimum atomic E-state index is -0.640. The Morgan fingerprint density at radius 1 is 0.528 bits per heavy atom. The smallest absolute Gasteiger partial charge is 0.270 e. The van der Waals surface area contributed by atoms with Crippen molar-refractivity contribution in [3.05, 3.63) is 0 Å². The van der Waals surface area contributed by atoms with E-state index in [1.807, 2.05) is 41.5 Å². The van der Waals surface area contributed by atoms with E-state index < -0.39 is 22.0 Å². The molecule has 0 unspecified atom stereocenters. The summed E-state index contributed by atoms with van der Waals surface area (Å²) < 4.78 is 0. The van der Waals surface area contributed by atoms with Crippen LogP contribution in [0.5, 0.6) is 0 Å². The van der Waals surface area contributed by atoms with Gasteiger partial charge in [0.05, 0.1) is 22.0 Å². The highest BCUT2D eigenvalue weighted by Gasteiger charge is 2.61. The topological polar surface area (TPSA) is 59.1 Å². The van der Waals surface area contributed by atoms with Gasteiger partial charge >= 0.3 is 0 Å². The van der Waals surface area contributed by atoms with Gasteiger partial charge in [-0.05, 0) is 154 Å². The Morgan fingerprint density at radius 2 is 0.750 bits per heavy atom. The normalized spacial score (nSPS) is 42.6. The fourth-order valence-corrected chi connectivity index (χ4v) is 9.99. The Hall–Kier alpha value is -1.14. The minimum Gasteiger partial charge on any atom is -0.270 e. The van der Waals surface area contributed by atoms with Gasteiger partial charge < -0.3 is 0 Å². The zero-order chi connectivity index (χ0) is 25.7. The van der Waals surface area contributed by atoms with Gasteiger partial charge in [0.15, 0.2) is 0 Å². The first-order valence-electron chi connectivity index (χ1n) is 14.8. The summed E-state index contributed by atoms with van der Waals surface area (Å²) in [6.07, 6.45) is 13.2. The van der Waals surface area contributed by atoms with Crippen molar-refractivity contribution in [3.8, 4) is 0 Å². The van der Waals surface area contributed by atoms with Gasteiger partial charge in [0.1, 0.15) is 0 Å². The van der Waals surface area contributed by atoms with Gasteiger partial charge in [-0.1, -0.05) is 10.3 Å². The van der Waals surface area contributed by atoms with E-state index in [0.717, 1.165) is 38.5 Å². The third-order valence-electron chi connectivity index (χ3n) is 10.2. The second-order valence-corrected chi connectivity index (χ2v) is 16.0.